The number of fused-ring (bicyclic) bond motifs is 1. The zero-order chi connectivity index (χ0) is 17.0. The van der Waals surface area contributed by atoms with Gasteiger partial charge in [0.15, 0.2) is 5.78 Å². The van der Waals surface area contributed by atoms with Crippen molar-refractivity contribution in [2.75, 3.05) is 7.05 Å². The van der Waals surface area contributed by atoms with Gasteiger partial charge in [0, 0.05) is 6.04 Å². The summed E-state index contributed by atoms with van der Waals surface area (Å²) >= 11 is 0. The average Bonchev–Trinajstić information content (AvgIpc) is 2.96. The lowest BCUT2D eigenvalue weighted by atomic mass is 10.0. The molecule has 2 amide bonds. The van der Waals surface area contributed by atoms with Crippen molar-refractivity contribution < 1.29 is 14.4 Å². The molecule has 0 aliphatic carbocycles. The zero-order valence-electron chi connectivity index (χ0n) is 14.4. The molecule has 2 rings (SSSR count). The van der Waals surface area contributed by atoms with E-state index in [1.165, 1.54) is 0 Å². The summed E-state index contributed by atoms with van der Waals surface area (Å²) in [5.41, 5.74) is 0. The van der Waals surface area contributed by atoms with Gasteiger partial charge in [-0.1, -0.05) is 19.3 Å². The van der Waals surface area contributed by atoms with Gasteiger partial charge in [0.05, 0.1) is 12.1 Å². The minimum absolute atomic E-state index is 0.0498. The van der Waals surface area contributed by atoms with Crippen molar-refractivity contribution in [3.8, 4) is 0 Å². The van der Waals surface area contributed by atoms with E-state index < -0.39 is 6.04 Å². The monoisotopic (exact) mass is 323 g/mol. The Labute approximate surface area is 138 Å². The van der Waals surface area contributed by atoms with Crippen LogP contribution in [0.5, 0.6) is 0 Å². The molecule has 0 aromatic heterocycles. The van der Waals surface area contributed by atoms with Crippen molar-refractivity contribution in [2.24, 2.45) is 0 Å². The van der Waals surface area contributed by atoms with Crippen LogP contribution in [-0.2, 0) is 14.4 Å². The number of amides is 2. The van der Waals surface area contributed by atoms with Crippen LogP contribution in [0.4, 0.5) is 0 Å². The molecule has 0 spiro atoms. The fraction of sp³-hybridized carbons (Fsp3) is 0.824. The zero-order valence-corrected chi connectivity index (χ0v) is 14.4. The van der Waals surface area contributed by atoms with Crippen LogP contribution in [0.25, 0.3) is 0 Å². The van der Waals surface area contributed by atoms with Crippen LogP contribution < -0.4 is 10.6 Å². The first kappa shape index (κ1) is 17.9. The summed E-state index contributed by atoms with van der Waals surface area (Å²) in [7, 11) is 1.72. The van der Waals surface area contributed by atoms with Crippen molar-refractivity contribution in [3.63, 3.8) is 0 Å². The van der Waals surface area contributed by atoms with Crippen LogP contribution in [0.2, 0.25) is 0 Å². The lowest BCUT2D eigenvalue weighted by molar-refractivity contribution is -0.142. The minimum atomic E-state index is -0.515. The number of nitrogens with zero attached hydrogens (tertiary/aromatic N) is 1. The van der Waals surface area contributed by atoms with Crippen molar-refractivity contribution in [2.45, 2.75) is 83.0 Å². The second-order valence-corrected chi connectivity index (χ2v) is 6.81. The summed E-state index contributed by atoms with van der Waals surface area (Å²) < 4.78 is 0. The summed E-state index contributed by atoms with van der Waals surface area (Å²) in [5.74, 6) is -0.194. The van der Waals surface area contributed by atoms with Gasteiger partial charge in [0.2, 0.25) is 11.8 Å². The molecule has 0 aromatic carbocycles. The third-order valence-electron chi connectivity index (χ3n) is 5.20. The summed E-state index contributed by atoms with van der Waals surface area (Å²) in [6.45, 7) is 3.33. The Bertz CT molecular complexity index is 466. The van der Waals surface area contributed by atoms with Crippen molar-refractivity contribution in [3.05, 3.63) is 0 Å². The maximum atomic E-state index is 13.0. The molecule has 0 bridgehead atoms. The molecule has 2 saturated heterocycles. The Hall–Kier alpha value is -1.43. The first-order valence-corrected chi connectivity index (χ1v) is 8.76. The van der Waals surface area contributed by atoms with Crippen LogP contribution in [0, 0.1) is 0 Å². The maximum Gasteiger partial charge on any atom is 0.246 e. The molecule has 130 valence electrons. The van der Waals surface area contributed by atoms with Gasteiger partial charge in [-0.3, -0.25) is 14.4 Å². The Morgan fingerprint density at radius 1 is 1.13 bits per heavy atom. The van der Waals surface area contributed by atoms with Crippen LogP contribution in [0.3, 0.4) is 0 Å². The van der Waals surface area contributed by atoms with Gasteiger partial charge in [-0.05, 0) is 46.6 Å². The molecular weight excluding hydrogens is 294 g/mol. The number of carbonyl (C=O) groups is 3. The first-order valence-electron chi connectivity index (χ1n) is 8.76. The molecule has 0 aromatic rings. The van der Waals surface area contributed by atoms with Crippen LogP contribution in [0.1, 0.15) is 58.8 Å². The molecular formula is C17H29N3O3. The Kier molecular flexibility index (Phi) is 6.16. The molecule has 2 heterocycles. The number of carbonyl (C=O) groups excluding carboxylic acids is 3. The van der Waals surface area contributed by atoms with E-state index >= 15 is 0 Å². The first-order chi connectivity index (χ1) is 11.0. The third kappa shape index (κ3) is 4.10. The highest BCUT2D eigenvalue weighted by Crippen LogP contribution is 2.31. The number of hydrogen-bond donors (Lipinski definition) is 2. The van der Waals surface area contributed by atoms with E-state index in [1.54, 1.807) is 25.8 Å². The Balaban J connectivity index is 2.18. The van der Waals surface area contributed by atoms with E-state index in [1.807, 2.05) is 0 Å². The number of nitrogens with one attached hydrogen (secondary N) is 2. The highest BCUT2D eigenvalue weighted by atomic mass is 16.2. The normalized spacial score (nSPS) is 30.0. The quantitative estimate of drug-likeness (QED) is 0.809. The van der Waals surface area contributed by atoms with E-state index in [9.17, 15) is 14.4 Å². The predicted molar refractivity (Wildman–Crippen MR) is 87.9 cm³/mol. The van der Waals surface area contributed by atoms with Crippen LogP contribution in [0.15, 0.2) is 0 Å². The highest BCUT2D eigenvalue weighted by molar-refractivity contribution is 5.93. The smallest absolute Gasteiger partial charge is 0.246 e. The largest absolute Gasteiger partial charge is 0.343 e. The van der Waals surface area contributed by atoms with Crippen molar-refractivity contribution in [1.82, 2.24) is 15.5 Å². The third-order valence-corrected chi connectivity index (χ3v) is 5.20. The molecule has 2 aliphatic rings. The van der Waals surface area contributed by atoms with Gasteiger partial charge >= 0.3 is 0 Å². The summed E-state index contributed by atoms with van der Waals surface area (Å²) in [4.78, 5) is 38.9. The number of ketones is 1. The second-order valence-electron chi connectivity index (χ2n) is 6.81. The molecule has 0 radical (unpaired) electrons. The van der Waals surface area contributed by atoms with Crippen LogP contribution >= 0.6 is 0 Å². The SMILES string of the molecule is CN[C@@H](C)C(=O)N[C@H]1CCCCC[C@H]2CC[C@@H](C(C)=O)N2C1=O. The van der Waals surface area contributed by atoms with Gasteiger partial charge in [-0.25, -0.2) is 0 Å². The number of likely N-dealkylation sites (N-methyl/N-ethyl adjacent to an activating group) is 1. The number of hydrogen-bond acceptors (Lipinski definition) is 4. The Morgan fingerprint density at radius 2 is 1.83 bits per heavy atom. The van der Waals surface area contributed by atoms with Gasteiger partial charge in [-0.2, -0.15) is 0 Å². The van der Waals surface area contributed by atoms with E-state index in [0.29, 0.717) is 6.42 Å². The molecule has 2 fully saturated rings. The van der Waals surface area contributed by atoms with Crippen molar-refractivity contribution >= 4 is 17.6 Å². The number of rotatable bonds is 4. The van der Waals surface area contributed by atoms with E-state index in [4.69, 9.17) is 0 Å². The number of Topliss-reactive ketones (excluding diaryl/α,β-unsaturated/α-hetero) is 1. The van der Waals surface area contributed by atoms with Gasteiger partial charge in [0.1, 0.15) is 6.04 Å². The fourth-order valence-electron chi connectivity index (χ4n) is 3.67. The molecule has 2 aliphatic heterocycles. The summed E-state index contributed by atoms with van der Waals surface area (Å²) in [6.07, 6.45) is 6.32. The van der Waals surface area contributed by atoms with E-state index in [2.05, 4.69) is 10.6 Å². The molecule has 2 N–H and O–H groups in total. The standard InChI is InChI=1S/C17H29N3O3/c1-11(18-3)16(22)19-14-8-6-4-5-7-13-9-10-15(12(2)21)20(13)17(14)23/h11,13-15,18H,4-10H2,1-3H3,(H,19,22)/t11-,13-,14-,15-/m0/s1. The maximum absolute atomic E-state index is 13.0. The lowest BCUT2D eigenvalue weighted by Gasteiger charge is -2.32. The summed E-state index contributed by atoms with van der Waals surface area (Å²) in [5, 5.41) is 5.77. The second kappa shape index (κ2) is 7.90. The lowest BCUT2D eigenvalue weighted by Crippen LogP contribution is -2.55. The molecule has 0 saturated carbocycles. The summed E-state index contributed by atoms with van der Waals surface area (Å²) in [6, 6.07) is -1.02. The molecule has 6 heteroatoms. The topological polar surface area (TPSA) is 78.5 Å². The molecule has 6 nitrogen and oxygen atoms in total. The highest BCUT2D eigenvalue weighted by Gasteiger charge is 2.42. The van der Waals surface area contributed by atoms with Crippen LogP contribution in [-0.4, -0.2) is 53.7 Å². The van der Waals surface area contributed by atoms with Crippen molar-refractivity contribution in [1.29, 1.82) is 0 Å². The fourth-order valence-corrected chi connectivity index (χ4v) is 3.67. The van der Waals surface area contributed by atoms with Gasteiger partial charge in [0.25, 0.3) is 0 Å². The molecule has 4 atom stereocenters. The predicted octanol–water partition coefficient (Wildman–Crippen LogP) is 0.992. The average molecular weight is 323 g/mol. The Morgan fingerprint density at radius 3 is 2.48 bits per heavy atom. The molecule has 23 heavy (non-hydrogen) atoms. The van der Waals surface area contributed by atoms with Gasteiger partial charge in [-0.15, -0.1) is 0 Å². The molecule has 0 unspecified atom stereocenters. The van der Waals surface area contributed by atoms with Gasteiger partial charge < -0.3 is 15.5 Å². The van der Waals surface area contributed by atoms with E-state index in [-0.39, 0.29) is 35.7 Å². The van der Waals surface area contributed by atoms with E-state index in [0.717, 1.165) is 38.5 Å². The minimum Gasteiger partial charge on any atom is -0.343 e.